The van der Waals surface area contributed by atoms with Crippen LogP contribution in [0.3, 0.4) is 0 Å². The summed E-state index contributed by atoms with van der Waals surface area (Å²) in [5.74, 6) is 2.91. The minimum Gasteiger partial charge on any atom is -0.147 e. The second kappa shape index (κ2) is 12.4. The Hall–Kier alpha value is -0.400. The van der Waals surface area contributed by atoms with Gasteiger partial charge in [-0.1, -0.05) is 0 Å². The number of hydrogen-bond donors (Lipinski definition) is 0. The van der Waals surface area contributed by atoms with Gasteiger partial charge in [-0.05, 0) is 0 Å². The molecule has 2 aromatic rings. The molecule has 0 heterocycles. The quantitative estimate of drug-likeness (QED) is 0.220. The molecule has 6 atom stereocenters. The van der Waals surface area contributed by atoms with Crippen molar-refractivity contribution in [1.82, 2.24) is 0 Å². The molecule has 0 aromatic heterocycles. The molecule has 230 valence electrons. The summed E-state index contributed by atoms with van der Waals surface area (Å²) in [6.07, 6.45) is 16.3. The molecule has 4 aliphatic carbocycles. The summed E-state index contributed by atoms with van der Waals surface area (Å²) in [6, 6.07) is 24.5. The van der Waals surface area contributed by atoms with Gasteiger partial charge in [-0.25, -0.2) is 0 Å². The molecule has 0 N–H and O–H groups in total. The van der Waals surface area contributed by atoms with Crippen molar-refractivity contribution in [3.8, 4) is 0 Å². The second-order valence-electron chi connectivity index (χ2n) is 16.0. The van der Waals surface area contributed by atoms with Gasteiger partial charge >= 0.3 is 249 Å². The van der Waals surface area contributed by atoms with Crippen molar-refractivity contribution in [2.45, 2.75) is 100 Å². The largest absolute Gasteiger partial charge is 0.147 e. The molecule has 0 bridgehead atoms. The van der Waals surface area contributed by atoms with Gasteiger partial charge in [0.25, 0.3) is 0 Å². The normalized spacial score (nSPS) is 32.1. The molecular formula is C38H56Cl2SiZr. The summed E-state index contributed by atoms with van der Waals surface area (Å²) in [7, 11) is 0. The van der Waals surface area contributed by atoms with E-state index in [1.165, 1.54) is 51.4 Å². The summed E-state index contributed by atoms with van der Waals surface area (Å²) in [4.78, 5) is 0. The molecule has 0 saturated heterocycles. The van der Waals surface area contributed by atoms with E-state index in [0.29, 0.717) is 18.1 Å². The Balaban J connectivity index is 0.00000202. The molecule has 0 radical (unpaired) electrons. The summed E-state index contributed by atoms with van der Waals surface area (Å²) < 4.78 is 4.92. The van der Waals surface area contributed by atoms with E-state index in [0.717, 1.165) is 23.7 Å². The Labute approximate surface area is 272 Å². The van der Waals surface area contributed by atoms with Crippen LogP contribution in [-0.2, 0) is 17.4 Å². The van der Waals surface area contributed by atoms with E-state index >= 15 is 0 Å². The number of halogens is 2. The summed E-state index contributed by atoms with van der Waals surface area (Å²) in [5.41, 5.74) is 4.58. The van der Waals surface area contributed by atoms with E-state index in [4.69, 9.17) is 0 Å². The molecule has 6 rings (SSSR count). The van der Waals surface area contributed by atoms with Crippen LogP contribution in [0.2, 0.25) is 7.25 Å². The number of allylic oxidation sites excluding steroid dienone is 4. The average Bonchev–Trinajstić information content (AvgIpc) is 3.38. The van der Waals surface area contributed by atoms with E-state index < -0.39 is 17.4 Å². The van der Waals surface area contributed by atoms with Crippen LogP contribution < -0.4 is 6.54 Å². The molecule has 0 nitrogen and oxygen atoms in total. The monoisotopic (exact) mass is 700 g/mol. The maximum Gasteiger partial charge on any atom is -0.147 e. The van der Waals surface area contributed by atoms with Gasteiger partial charge in [0.05, 0.1) is 0 Å². The fourth-order valence-corrected chi connectivity index (χ4v) is 44.1. The molecule has 42 heavy (non-hydrogen) atoms. The third-order valence-electron chi connectivity index (χ3n) is 12.9. The predicted molar refractivity (Wildman–Crippen MR) is 189 cm³/mol. The SMILES string of the molecule is CC1CC2C(=CCCCC2(C)C)[CH]1[Zr](=[SiH2])([c]1ccccc1)([c]1ccccc1)[CH]1C2=CCCCC(C)(C)C2CC1C.Cl.Cl. The van der Waals surface area contributed by atoms with Crippen LogP contribution in [0.4, 0.5) is 0 Å². The van der Waals surface area contributed by atoms with E-state index in [2.05, 4.69) is 121 Å². The smallest absolute Gasteiger partial charge is 0.147 e. The van der Waals surface area contributed by atoms with Crippen molar-refractivity contribution in [1.29, 1.82) is 0 Å². The Bertz CT molecular complexity index is 1270. The molecule has 0 aliphatic heterocycles. The minimum absolute atomic E-state index is 0. The predicted octanol–water partition coefficient (Wildman–Crippen LogP) is 9.88. The molecule has 6 unspecified atom stereocenters. The van der Waals surface area contributed by atoms with Crippen molar-refractivity contribution >= 4 is 38.2 Å². The van der Waals surface area contributed by atoms with Gasteiger partial charge in [-0.3, -0.25) is 0 Å². The van der Waals surface area contributed by atoms with Crippen LogP contribution in [0.1, 0.15) is 92.9 Å². The average molecular weight is 703 g/mol. The molecule has 0 spiro atoms. The third-order valence-corrected chi connectivity index (χ3v) is 42.7. The molecule has 4 heteroatoms. The Morgan fingerprint density at radius 1 is 0.619 bits per heavy atom. The first-order chi connectivity index (χ1) is 19.0. The zero-order valence-corrected chi connectivity index (χ0v) is 32.6. The Kier molecular flexibility index (Phi) is 10.2. The van der Waals surface area contributed by atoms with E-state index in [-0.39, 0.29) is 24.8 Å². The van der Waals surface area contributed by atoms with Crippen LogP contribution in [0.5, 0.6) is 0 Å². The summed E-state index contributed by atoms with van der Waals surface area (Å²) in [6.45, 7) is 18.4. The zero-order chi connectivity index (χ0) is 28.4. The van der Waals surface area contributed by atoms with E-state index in [1.54, 1.807) is 6.54 Å². The Morgan fingerprint density at radius 2 is 0.976 bits per heavy atom. The van der Waals surface area contributed by atoms with Crippen molar-refractivity contribution in [2.75, 3.05) is 0 Å². The van der Waals surface area contributed by atoms with Gasteiger partial charge in [0.1, 0.15) is 0 Å². The molecule has 2 saturated carbocycles. The van der Waals surface area contributed by atoms with Crippen LogP contribution in [0.25, 0.3) is 0 Å². The van der Waals surface area contributed by atoms with Gasteiger partial charge in [-0.2, -0.15) is 0 Å². The second-order valence-corrected chi connectivity index (χ2v) is 38.9. The van der Waals surface area contributed by atoms with Crippen LogP contribution >= 0.6 is 24.8 Å². The summed E-state index contributed by atoms with van der Waals surface area (Å²) in [5, 5.41) is 0. The molecule has 2 fully saturated rings. The van der Waals surface area contributed by atoms with Gasteiger partial charge in [-0.15, -0.1) is 24.8 Å². The Morgan fingerprint density at radius 3 is 1.33 bits per heavy atom. The fraction of sp³-hybridized carbons (Fsp3) is 0.579. The van der Waals surface area contributed by atoms with Gasteiger partial charge in [0, 0.05) is 0 Å². The number of fused-ring (bicyclic) bond motifs is 2. The van der Waals surface area contributed by atoms with Gasteiger partial charge in [0.2, 0.25) is 0 Å². The third kappa shape index (κ3) is 5.10. The maximum atomic E-state index is 2.81. The first-order valence-electron chi connectivity index (χ1n) is 16.5. The molecular weight excluding hydrogens is 647 g/mol. The number of benzene rings is 2. The number of hydrogen-bond acceptors (Lipinski definition) is 0. The van der Waals surface area contributed by atoms with Gasteiger partial charge in [0.15, 0.2) is 0 Å². The topological polar surface area (TPSA) is 0 Å². The zero-order valence-electron chi connectivity index (χ0n) is 27.1. The van der Waals surface area contributed by atoms with Gasteiger partial charge < -0.3 is 0 Å². The minimum atomic E-state index is -4.22. The maximum absolute atomic E-state index is 4.22. The van der Waals surface area contributed by atoms with Crippen molar-refractivity contribution in [3.63, 3.8) is 0 Å². The number of rotatable bonds is 4. The van der Waals surface area contributed by atoms with Crippen molar-refractivity contribution in [2.24, 2.45) is 34.5 Å². The molecule has 2 aromatic carbocycles. The molecule has 0 amide bonds. The standard InChI is InChI=1S/2C13H21.2C6H5.2ClH.H2Si.Zr/c2*1-10-8-11-6-4-5-7-13(2,3)12(11)9-10;2*1-2-4-6-5-3-1;;;;/h2*6,8,10,12H,4-5,7,9H2,1-3H3;2*1-5H;2*1H;1H2;. The van der Waals surface area contributed by atoms with Crippen LogP contribution in [0, 0.1) is 34.5 Å². The van der Waals surface area contributed by atoms with Crippen LogP contribution in [0.15, 0.2) is 84.0 Å². The van der Waals surface area contributed by atoms with Crippen molar-refractivity contribution in [3.05, 3.63) is 84.0 Å². The first kappa shape index (κ1) is 34.5. The van der Waals surface area contributed by atoms with Crippen molar-refractivity contribution < 1.29 is 17.4 Å². The van der Waals surface area contributed by atoms with E-state index in [1.807, 2.05) is 11.1 Å². The van der Waals surface area contributed by atoms with Crippen LogP contribution in [-0.4, -0.2) is 6.88 Å². The molecule has 4 aliphatic rings. The fourth-order valence-electron chi connectivity index (χ4n) is 11.3. The first-order valence-corrected chi connectivity index (χ1v) is 27.8. The van der Waals surface area contributed by atoms with E-state index in [9.17, 15) is 0 Å². The summed E-state index contributed by atoms with van der Waals surface area (Å²) >= 11 is -4.22.